The maximum Gasteiger partial charge on any atom is 0.173 e. The number of hydrogen-bond donors (Lipinski definition) is 2. The highest BCUT2D eigenvalue weighted by atomic mass is 79.9. The van der Waals surface area contributed by atoms with E-state index >= 15 is 0 Å². The number of nitrogen functional groups attached to an aromatic ring is 1. The number of anilines is 2. The molecule has 2 aromatic heterocycles. The third kappa shape index (κ3) is 1.93. The minimum atomic E-state index is 0.309. The number of hydrogen-bond acceptors (Lipinski definition) is 5. The van der Waals surface area contributed by atoms with Crippen molar-refractivity contribution < 1.29 is 0 Å². The van der Waals surface area contributed by atoms with E-state index in [4.69, 9.17) is 11.5 Å². The summed E-state index contributed by atoms with van der Waals surface area (Å²) in [4.78, 5) is 6.82. The molecule has 0 aromatic carbocycles. The number of rotatable bonds is 1. The van der Waals surface area contributed by atoms with Gasteiger partial charge in [-0.15, -0.1) is 0 Å². The Bertz CT molecular complexity index is 572. The van der Waals surface area contributed by atoms with Crippen molar-refractivity contribution in [3.8, 4) is 0 Å². The number of aromatic nitrogens is 3. The molecule has 0 saturated carbocycles. The van der Waals surface area contributed by atoms with Crippen LogP contribution in [0, 0.1) is 0 Å². The summed E-state index contributed by atoms with van der Waals surface area (Å²) in [7, 11) is 0. The Kier molecular flexibility index (Phi) is 2.87. The highest BCUT2D eigenvalue weighted by Gasteiger charge is 2.19. The fraction of sp³-hybridized carbons (Fsp3) is 0.455. The third-order valence-corrected chi connectivity index (χ3v) is 3.87. The molecule has 4 N–H and O–H groups in total. The van der Waals surface area contributed by atoms with Gasteiger partial charge in [0.25, 0.3) is 0 Å². The molecule has 3 heterocycles. The Morgan fingerprint density at radius 2 is 2.06 bits per heavy atom. The van der Waals surface area contributed by atoms with E-state index in [-0.39, 0.29) is 0 Å². The van der Waals surface area contributed by atoms with Gasteiger partial charge in [0.2, 0.25) is 0 Å². The fourth-order valence-corrected chi connectivity index (χ4v) is 2.58. The van der Waals surface area contributed by atoms with E-state index in [1.165, 1.54) is 0 Å². The van der Waals surface area contributed by atoms with Gasteiger partial charge >= 0.3 is 0 Å². The molecule has 6 nitrogen and oxygen atoms in total. The maximum absolute atomic E-state index is 5.99. The lowest BCUT2D eigenvalue weighted by Crippen LogP contribution is -2.40. The summed E-state index contributed by atoms with van der Waals surface area (Å²) >= 11 is 3.43. The fourth-order valence-electron chi connectivity index (χ4n) is 2.24. The van der Waals surface area contributed by atoms with E-state index in [2.05, 4.69) is 30.9 Å². The van der Waals surface area contributed by atoms with Crippen molar-refractivity contribution in [3.05, 3.63) is 16.7 Å². The molecular formula is C11H15BrN6. The molecule has 0 amide bonds. The number of piperidine rings is 1. The summed E-state index contributed by atoms with van der Waals surface area (Å²) in [5.74, 6) is 1.49. The van der Waals surface area contributed by atoms with Crippen LogP contribution in [0.4, 0.5) is 11.6 Å². The second-order valence-electron chi connectivity index (χ2n) is 4.59. The molecule has 1 fully saturated rings. The van der Waals surface area contributed by atoms with Crippen molar-refractivity contribution in [2.45, 2.75) is 18.9 Å². The molecule has 96 valence electrons. The number of nitrogens with zero attached hydrogens (tertiary/aromatic N) is 4. The molecule has 0 radical (unpaired) electrons. The molecule has 7 heteroatoms. The zero-order valence-corrected chi connectivity index (χ0v) is 11.5. The standard InChI is InChI=1S/C11H15BrN6/c12-8-6-15-18-9(14)5-10(16-11(8)18)17-3-1-7(13)2-4-17/h5-7H,1-4,13-14H2. The molecular weight excluding hydrogens is 296 g/mol. The van der Waals surface area contributed by atoms with E-state index in [1.807, 2.05) is 6.07 Å². The minimum absolute atomic E-state index is 0.309. The zero-order valence-electron chi connectivity index (χ0n) is 9.88. The first-order chi connectivity index (χ1) is 8.65. The maximum atomic E-state index is 5.99. The second-order valence-corrected chi connectivity index (χ2v) is 5.45. The Morgan fingerprint density at radius 1 is 1.33 bits per heavy atom. The highest BCUT2D eigenvalue weighted by Crippen LogP contribution is 2.24. The number of fused-ring (bicyclic) bond motifs is 1. The molecule has 0 unspecified atom stereocenters. The van der Waals surface area contributed by atoms with Crippen LogP contribution >= 0.6 is 15.9 Å². The topological polar surface area (TPSA) is 85.5 Å². The van der Waals surface area contributed by atoms with Crippen molar-refractivity contribution in [2.75, 3.05) is 23.7 Å². The Labute approximate surface area is 113 Å². The van der Waals surface area contributed by atoms with Crippen molar-refractivity contribution in [1.82, 2.24) is 14.6 Å². The van der Waals surface area contributed by atoms with Gasteiger partial charge in [-0.1, -0.05) is 0 Å². The van der Waals surface area contributed by atoms with Crippen LogP contribution in [0.5, 0.6) is 0 Å². The van der Waals surface area contributed by atoms with Crippen LogP contribution in [0.2, 0.25) is 0 Å². The van der Waals surface area contributed by atoms with Crippen molar-refractivity contribution in [3.63, 3.8) is 0 Å². The lowest BCUT2D eigenvalue weighted by molar-refractivity contribution is 0.499. The van der Waals surface area contributed by atoms with Crippen LogP contribution in [0.25, 0.3) is 5.65 Å². The molecule has 18 heavy (non-hydrogen) atoms. The van der Waals surface area contributed by atoms with Gasteiger partial charge < -0.3 is 16.4 Å². The van der Waals surface area contributed by atoms with Gasteiger partial charge in [-0.2, -0.15) is 9.61 Å². The van der Waals surface area contributed by atoms with Gasteiger partial charge in [-0.3, -0.25) is 0 Å². The van der Waals surface area contributed by atoms with Gasteiger partial charge in [0.1, 0.15) is 11.6 Å². The molecule has 1 saturated heterocycles. The Hall–Kier alpha value is -1.34. The van der Waals surface area contributed by atoms with Gasteiger partial charge in [0, 0.05) is 25.2 Å². The number of halogens is 1. The summed E-state index contributed by atoms with van der Waals surface area (Å²) in [5.41, 5.74) is 12.7. The molecule has 2 aromatic rings. The van der Waals surface area contributed by atoms with E-state index in [1.54, 1.807) is 10.7 Å². The Balaban J connectivity index is 1.99. The lowest BCUT2D eigenvalue weighted by atomic mass is 10.1. The van der Waals surface area contributed by atoms with E-state index < -0.39 is 0 Å². The van der Waals surface area contributed by atoms with Crippen LogP contribution in [-0.4, -0.2) is 33.7 Å². The summed E-state index contributed by atoms with van der Waals surface area (Å²) < 4.78 is 2.48. The van der Waals surface area contributed by atoms with Crippen LogP contribution < -0.4 is 16.4 Å². The van der Waals surface area contributed by atoms with E-state index in [0.717, 1.165) is 41.9 Å². The molecule has 3 rings (SSSR count). The van der Waals surface area contributed by atoms with Gasteiger partial charge in [0.15, 0.2) is 5.65 Å². The van der Waals surface area contributed by atoms with E-state index in [0.29, 0.717) is 11.9 Å². The monoisotopic (exact) mass is 310 g/mol. The molecule has 0 atom stereocenters. The normalized spacial score (nSPS) is 17.6. The van der Waals surface area contributed by atoms with Gasteiger partial charge in [0.05, 0.1) is 10.7 Å². The first kappa shape index (κ1) is 11.7. The van der Waals surface area contributed by atoms with Gasteiger partial charge in [-0.05, 0) is 28.8 Å². The lowest BCUT2D eigenvalue weighted by Gasteiger charge is -2.31. The summed E-state index contributed by atoms with van der Waals surface area (Å²) in [6.07, 6.45) is 3.69. The SMILES string of the molecule is Nc1cc(N2CCC(N)CC2)nc2c(Br)cnn12. The van der Waals surface area contributed by atoms with Crippen LogP contribution in [0.15, 0.2) is 16.7 Å². The Morgan fingerprint density at radius 3 is 2.78 bits per heavy atom. The smallest absolute Gasteiger partial charge is 0.173 e. The summed E-state index contributed by atoms with van der Waals surface area (Å²) in [6, 6.07) is 2.17. The minimum Gasteiger partial charge on any atom is -0.383 e. The predicted molar refractivity (Wildman–Crippen MR) is 74.5 cm³/mol. The molecule has 0 aliphatic carbocycles. The van der Waals surface area contributed by atoms with Crippen molar-refractivity contribution >= 4 is 33.2 Å². The average molecular weight is 311 g/mol. The van der Waals surface area contributed by atoms with Crippen molar-refractivity contribution in [1.29, 1.82) is 0 Å². The van der Waals surface area contributed by atoms with Crippen LogP contribution in [0.1, 0.15) is 12.8 Å². The molecule has 1 aliphatic heterocycles. The molecule has 0 bridgehead atoms. The first-order valence-electron chi connectivity index (χ1n) is 5.95. The number of nitrogens with two attached hydrogens (primary N) is 2. The average Bonchev–Trinajstić information content (AvgIpc) is 2.73. The summed E-state index contributed by atoms with van der Waals surface area (Å²) in [6.45, 7) is 1.85. The third-order valence-electron chi connectivity index (χ3n) is 3.31. The second kappa shape index (κ2) is 4.40. The molecule has 0 spiro atoms. The summed E-state index contributed by atoms with van der Waals surface area (Å²) in [5, 5.41) is 4.16. The first-order valence-corrected chi connectivity index (χ1v) is 6.75. The molecule has 1 aliphatic rings. The largest absolute Gasteiger partial charge is 0.383 e. The van der Waals surface area contributed by atoms with Gasteiger partial charge in [-0.25, -0.2) is 4.98 Å². The van der Waals surface area contributed by atoms with E-state index in [9.17, 15) is 0 Å². The quantitative estimate of drug-likeness (QED) is 0.821. The van der Waals surface area contributed by atoms with Crippen LogP contribution in [0.3, 0.4) is 0 Å². The highest BCUT2D eigenvalue weighted by molar-refractivity contribution is 9.10. The van der Waals surface area contributed by atoms with Crippen molar-refractivity contribution in [2.24, 2.45) is 5.73 Å². The van der Waals surface area contributed by atoms with Crippen LogP contribution in [-0.2, 0) is 0 Å². The zero-order chi connectivity index (χ0) is 12.7. The predicted octanol–water partition coefficient (Wildman–Crippen LogP) is 1.00.